The molecule has 0 fully saturated rings. The Morgan fingerprint density at radius 1 is 0.941 bits per heavy atom. The summed E-state index contributed by atoms with van der Waals surface area (Å²) in [5.41, 5.74) is -4.61. The molecule has 0 bridgehead atoms. The van der Waals surface area contributed by atoms with Crippen LogP contribution in [-0.4, -0.2) is 56.8 Å². The first kappa shape index (κ1) is 16.6. The van der Waals surface area contributed by atoms with E-state index < -0.39 is 38.5 Å². The van der Waals surface area contributed by atoms with E-state index in [0.717, 1.165) is 0 Å². The number of carboxylic acids is 1. The normalized spacial score (nSPS) is 17.6. The Bertz CT molecular complexity index is 402. The number of rotatable bonds is 5. The molecule has 0 aromatic carbocycles. The molecule has 0 aromatic rings. The zero-order valence-electron chi connectivity index (χ0n) is 7.90. The second-order valence-corrected chi connectivity index (χ2v) is 6.65. The highest BCUT2D eigenvalue weighted by molar-refractivity contribution is 7.58. The summed E-state index contributed by atoms with van der Waals surface area (Å²) in [5.74, 6) is -2.11. The van der Waals surface area contributed by atoms with Gasteiger partial charge in [-0.05, 0) is 0 Å². The average Bonchev–Trinajstić information content (AvgIpc) is 1.97. The maximum atomic E-state index is 10.8. The van der Waals surface area contributed by atoms with Gasteiger partial charge >= 0.3 is 26.7 Å². The van der Waals surface area contributed by atoms with Crippen molar-refractivity contribution in [1.29, 1.82) is 0 Å². The van der Waals surface area contributed by atoms with E-state index in [4.69, 9.17) is 34.9 Å². The smallest absolute Gasteiger partial charge is 0.388 e. The zero-order valence-corrected chi connectivity index (χ0v) is 9.69. The summed E-state index contributed by atoms with van der Waals surface area (Å²) in [7, 11) is -12.0. The van der Waals surface area contributed by atoms with E-state index in [1.807, 2.05) is 0 Å². The Morgan fingerprint density at radius 3 is 1.47 bits per heavy atom. The van der Waals surface area contributed by atoms with E-state index >= 15 is 0 Å². The molecule has 0 spiro atoms. The van der Waals surface area contributed by atoms with E-state index in [1.165, 1.54) is 0 Å². The highest BCUT2D eigenvalue weighted by Crippen LogP contribution is 2.65. The number of hydrogen-bond donors (Lipinski definition) is 8. The van der Waals surface area contributed by atoms with Crippen molar-refractivity contribution >= 4 is 21.2 Å². The summed E-state index contributed by atoms with van der Waals surface area (Å²) in [5, 5.41) is 31.1. The quantitative estimate of drug-likeness (QED) is 0.191. The summed E-state index contributed by atoms with van der Waals surface area (Å²) in [6.07, 6.45) is -1.99. The van der Waals surface area contributed by atoms with E-state index in [0.29, 0.717) is 0 Å². The van der Waals surface area contributed by atoms with Gasteiger partial charge in [0, 0.05) is 0 Å². The van der Waals surface area contributed by atoms with Gasteiger partial charge in [-0.15, -0.1) is 0 Å². The minimum absolute atomic E-state index is 1.99. The highest BCUT2D eigenvalue weighted by Gasteiger charge is 2.70. The fourth-order valence-corrected chi connectivity index (χ4v) is 2.92. The van der Waals surface area contributed by atoms with Gasteiger partial charge in [0.1, 0.15) is 0 Å². The molecule has 0 saturated heterocycles. The van der Waals surface area contributed by atoms with E-state index in [9.17, 15) is 19.0 Å². The minimum Gasteiger partial charge on any atom is -0.481 e. The Kier molecular flexibility index (Phi) is 4.30. The molecule has 8 N–H and O–H groups in total. The Morgan fingerprint density at radius 2 is 1.29 bits per heavy atom. The molecule has 0 radical (unpaired) electrons. The first-order valence-corrected chi connectivity index (χ1v) is 6.89. The molecule has 1 unspecified atom stereocenters. The molecule has 13 heteroatoms. The van der Waals surface area contributed by atoms with Crippen molar-refractivity contribution in [2.24, 2.45) is 0 Å². The largest absolute Gasteiger partial charge is 0.481 e. The molecule has 17 heavy (non-hydrogen) atoms. The lowest BCUT2D eigenvalue weighted by molar-refractivity contribution is -0.205. The van der Waals surface area contributed by atoms with Crippen molar-refractivity contribution in [2.75, 3.05) is 0 Å². The third-order valence-corrected chi connectivity index (χ3v) is 4.62. The fraction of sp³-hybridized carbons (Fsp3) is 0.750. The summed E-state index contributed by atoms with van der Waals surface area (Å²) >= 11 is 0. The van der Waals surface area contributed by atoms with Crippen molar-refractivity contribution in [3.8, 4) is 0 Å². The third-order valence-electron chi connectivity index (χ3n) is 1.82. The predicted molar refractivity (Wildman–Crippen MR) is 48.5 cm³/mol. The average molecular weight is 296 g/mol. The van der Waals surface area contributed by atoms with Gasteiger partial charge in [-0.2, -0.15) is 0 Å². The van der Waals surface area contributed by atoms with Crippen molar-refractivity contribution in [1.82, 2.24) is 0 Å². The summed E-state index contributed by atoms with van der Waals surface area (Å²) < 4.78 is 21.4. The Hall–Kier alpha value is -0.350. The summed E-state index contributed by atoms with van der Waals surface area (Å²) in [6.45, 7) is 0. The lowest BCUT2D eigenvalue weighted by Crippen LogP contribution is -2.54. The standard InChI is InChI=1S/C4H10O11P2/c5-2(6)1-3(7,16(10,11)12)4(8,9)17(13,14)15/h7-9H,1H2,(H,5,6)(H2,10,11,12)(H2,13,14,15). The van der Waals surface area contributed by atoms with Gasteiger partial charge < -0.3 is 40.0 Å². The monoisotopic (exact) mass is 296 g/mol. The van der Waals surface area contributed by atoms with Gasteiger partial charge in [-0.3, -0.25) is 13.9 Å². The van der Waals surface area contributed by atoms with Crippen LogP contribution in [0.25, 0.3) is 0 Å². The van der Waals surface area contributed by atoms with Gasteiger partial charge in [0.25, 0.3) is 0 Å². The van der Waals surface area contributed by atoms with Gasteiger partial charge in [0.2, 0.25) is 5.34 Å². The second-order valence-electron chi connectivity index (χ2n) is 3.11. The van der Waals surface area contributed by atoms with Gasteiger partial charge in [-0.25, -0.2) is 0 Å². The number of carboxylic acid groups (broad SMARTS) is 1. The zero-order chi connectivity index (χ0) is 14.3. The van der Waals surface area contributed by atoms with Crippen molar-refractivity contribution < 1.29 is 53.9 Å². The van der Waals surface area contributed by atoms with E-state index in [2.05, 4.69) is 0 Å². The molecule has 102 valence electrons. The summed E-state index contributed by atoms with van der Waals surface area (Å²) in [6, 6.07) is 0. The summed E-state index contributed by atoms with van der Waals surface area (Å²) in [4.78, 5) is 44.4. The molecular formula is C4H10O11P2. The predicted octanol–water partition coefficient (Wildman–Crippen LogP) is -2.86. The molecule has 0 aliphatic carbocycles. The number of carbonyl (C=O) groups is 1. The number of hydrogen-bond acceptors (Lipinski definition) is 6. The molecule has 0 heterocycles. The Balaban J connectivity index is 5.91. The molecular weight excluding hydrogens is 286 g/mol. The van der Waals surface area contributed by atoms with Crippen LogP contribution in [0.3, 0.4) is 0 Å². The van der Waals surface area contributed by atoms with Crippen LogP contribution in [0.2, 0.25) is 0 Å². The molecule has 0 aliphatic heterocycles. The maximum Gasteiger partial charge on any atom is 0.388 e. The lowest BCUT2D eigenvalue weighted by Gasteiger charge is -2.37. The van der Waals surface area contributed by atoms with E-state index in [1.54, 1.807) is 0 Å². The minimum atomic E-state index is -6.04. The van der Waals surface area contributed by atoms with Gasteiger partial charge in [-0.1, -0.05) is 0 Å². The molecule has 0 aliphatic rings. The number of aliphatic carboxylic acids is 1. The third kappa shape index (κ3) is 2.91. The molecule has 11 nitrogen and oxygen atoms in total. The van der Waals surface area contributed by atoms with Crippen LogP contribution in [-0.2, 0) is 13.9 Å². The first-order valence-electron chi connectivity index (χ1n) is 3.67. The SMILES string of the molecule is O=C(O)CC(O)(C(O)(O)P(=O)(O)O)P(=O)(O)O. The van der Waals surface area contributed by atoms with Gasteiger partial charge in [0.15, 0.2) is 0 Å². The molecule has 0 saturated carbocycles. The van der Waals surface area contributed by atoms with Crippen LogP contribution in [0.5, 0.6) is 0 Å². The topological polar surface area (TPSA) is 213 Å². The Labute approximate surface area is 93.3 Å². The maximum absolute atomic E-state index is 10.8. The van der Waals surface area contributed by atoms with Crippen molar-refractivity contribution in [3.05, 3.63) is 0 Å². The van der Waals surface area contributed by atoms with E-state index in [-0.39, 0.29) is 0 Å². The van der Waals surface area contributed by atoms with Crippen LogP contribution in [0.4, 0.5) is 0 Å². The van der Waals surface area contributed by atoms with Crippen molar-refractivity contribution in [3.63, 3.8) is 0 Å². The second kappa shape index (κ2) is 4.39. The van der Waals surface area contributed by atoms with Crippen LogP contribution >= 0.6 is 15.2 Å². The molecule has 0 aromatic heterocycles. The first-order chi connectivity index (χ1) is 7.17. The molecule has 0 rings (SSSR count). The number of aliphatic hydroxyl groups is 3. The van der Waals surface area contributed by atoms with Crippen molar-refractivity contribution in [2.45, 2.75) is 17.3 Å². The van der Waals surface area contributed by atoms with Crippen LogP contribution in [0.1, 0.15) is 6.42 Å². The van der Waals surface area contributed by atoms with Crippen LogP contribution in [0.15, 0.2) is 0 Å². The van der Waals surface area contributed by atoms with Gasteiger partial charge in [0.05, 0.1) is 6.42 Å². The van der Waals surface area contributed by atoms with Crippen LogP contribution in [0, 0.1) is 0 Å². The molecule has 0 amide bonds. The fourth-order valence-electron chi connectivity index (χ4n) is 0.861. The highest BCUT2D eigenvalue weighted by atomic mass is 31.2. The lowest BCUT2D eigenvalue weighted by atomic mass is 10.2. The molecule has 1 atom stereocenters. The van der Waals surface area contributed by atoms with Crippen LogP contribution < -0.4 is 0 Å².